The van der Waals surface area contributed by atoms with Crippen molar-refractivity contribution in [1.29, 1.82) is 0 Å². The molecule has 4 heteroatoms. The maximum atomic E-state index is 12.6. The second-order valence-corrected chi connectivity index (χ2v) is 7.36. The van der Waals surface area contributed by atoms with E-state index in [2.05, 4.69) is 28.7 Å². The minimum atomic E-state index is -0.501. The van der Waals surface area contributed by atoms with Crippen molar-refractivity contribution in [3.05, 3.63) is 51.9 Å². The highest BCUT2D eigenvalue weighted by atomic mass is 16.5. The Balaban J connectivity index is 1.71. The normalized spacial score (nSPS) is 14.3. The fourth-order valence-corrected chi connectivity index (χ4v) is 3.91. The zero-order valence-corrected chi connectivity index (χ0v) is 15.0. The SMILES string of the molecule is Cc1noc(C)c1C(C)(C)NC(=O)Cc1ccc2c(c1)CCCC2. The first-order chi connectivity index (χ1) is 11.4. The third kappa shape index (κ3) is 3.37. The molecule has 1 aliphatic rings. The molecule has 1 aliphatic carbocycles. The summed E-state index contributed by atoms with van der Waals surface area (Å²) in [5.41, 5.74) is 5.23. The van der Waals surface area contributed by atoms with Crippen LogP contribution in [0.4, 0.5) is 0 Å². The maximum Gasteiger partial charge on any atom is 0.225 e. The van der Waals surface area contributed by atoms with Gasteiger partial charge in [0, 0.05) is 5.56 Å². The predicted octanol–water partition coefficient (Wildman–Crippen LogP) is 3.76. The van der Waals surface area contributed by atoms with Gasteiger partial charge in [-0.2, -0.15) is 0 Å². The first kappa shape index (κ1) is 16.7. The molecule has 0 atom stereocenters. The lowest BCUT2D eigenvalue weighted by Crippen LogP contribution is -2.42. The Kier molecular flexibility index (Phi) is 4.48. The van der Waals surface area contributed by atoms with Gasteiger partial charge in [-0.05, 0) is 70.1 Å². The average Bonchev–Trinajstić information content (AvgIpc) is 2.86. The largest absolute Gasteiger partial charge is 0.361 e. The molecule has 0 bridgehead atoms. The van der Waals surface area contributed by atoms with Crippen molar-refractivity contribution >= 4 is 5.91 Å². The van der Waals surface area contributed by atoms with Gasteiger partial charge in [0.05, 0.1) is 17.7 Å². The van der Waals surface area contributed by atoms with E-state index in [0.29, 0.717) is 6.42 Å². The zero-order valence-electron chi connectivity index (χ0n) is 15.0. The Morgan fingerprint density at radius 3 is 2.58 bits per heavy atom. The van der Waals surface area contributed by atoms with E-state index < -0.39 is 5.54 Å². The van der Waals surface area contributed by atoms with Crippen molar-refractivity contribution in [1.82, 2.24) is 10.5 Å². The standard InChI is InChI=1S/C20H26N2O2/c1-13-19(14(2)24-22-13)20(3,4)21-18(23)12-15-9-10-16-7-5-6-8-17(16)11-15/h9-11H,5-8,12H2,1-4H3,(H,21,23). The van der Waals surface area contributed by atoms with Crippen LogP contribution in [0.5, 0.6) is 0 Å². The van der Waals surface area contributed by atoms with E-state index in [1.165, 1.54) is 30.4 Å². The minimum absolute atomic E-state index is 0.0239. The molecule has 0 spiro atoms. The van der Waals surface area contributed by atoms with Crippen molar-refractivity contribution in [2.75, 3.05) is 0 Å². The summed E-state index contributed by atoms with van der Waals surface area (Å²) in [6, 6.07) is 6.49. The van der Waals surface area contributed by atoms with Crippen LogP contribution >= 0.6 is 0 Å². The molecule has 0 radical (unpaired) electrons. The van der Waals surface area contributed by atoms with Crippen LogP contribution in [0.25, 0.3) is 0 Å². The number of rotatable bonds is 4. The Morgan fingerprint density at radius 1 is 1.21 bits per heavy atom. The third-order valence-corrected chi connectivity index (χ3v) is 4.89. The van der Waals surface area contributed by atoms with E-state index in [4.69, 9.17) is 4.52 Å². The van der Waals surface area contributed by atoms with Gasteiger partial charge in [-0.25, -0.2) is 0 Å². The molecule has 0 saturated heterocycles. The van der Waals surface area contributed by atoms with Gasteiger partial charge < -0.3 is 9.84 Å². The summed E-state index contributed by atoms with van der Waals surface area (Å²) in [6.07, 6.45) is 5.23. The number of nitrogens with one attached hydrogen (secondary N) is 1. The van der Waals surface area contributed by atoms with Gasteiger partial charge in [-0.3, -0.25) is 4.79 Å². The van der Waals surface area contributed by atoms with Crippen LogP contribution < -0.4 is 5.32 Å². The van der Waals surface area contributed by atoms with Crippen LogP contribution in [0.1, 0.15) is 60.4 Å². The average molecular weight is 326 g/mol. The topological polar surface area (TPSA) is 55.1 Å². The molecule has 24 heavy (non-hydrogen) atoms. The number of amides is 1. The van der Waals surface area contributed by atoms with Crippen molar-refractivity contribution in [3.8, 4) is 0 Å². The monoisotopic (exact) mass is 326 g/mol. The van der Waals surface area contributed by atoms with E-state index >= 15 is 0 Å². The molecule has 0 fully saturated rings. The number of fused-ring (bicyclic) bond motifs is 1. The second kappa shape index (κ2) is 6.42. The van der Waals surface area contributed by atoms with Crippen LogP contribution in [-0.4, -0.2) is 11.1 Å². The molecule has 1 aromatic carbocycles. The molecule has 128 valence electrons. The minimum Gasteiger partial charge on any atom is -0.361 e. The molecule has 3 rings (SSSR count). The molecule has 1 aromatic heterocycles. The van der Waals surface area contributed by atoms with Crippen molar-refractivity contribution < 1.29 is 9.32 Å². The second-order valence-electron chi connectivity index (χ2n) is 7.36. The molecule has 1 amide bonds. The van der Waals surface area contributed by atoms with E-state index in [1.807, 2.05) is 27.7 Å². The fourth-order valence-electron chi connectivity index (χ4n) is 3.91. The van der Waals surface area contributed by atoms with E-state index in [0.717, 1.165) is 29.0 Å². The molecule has 0 aliphatic heterocycles. The van der Waals surface area contributed by atoms with E-state index in [9.17, 15) is 4.79 Å². The molecule has 4 nitrogen and oxygen atoms in total. The quantitative estimate of drug-likeness (QED) is 0.930. The molecule has 0 unspecified atom stereocenters. The fraction of sp³-hybridized carbons (Fsp3) is 0.500. The number of aromatic nitrogens is 1. The summed E-state index contributed by atoms with van der Waals surface area (Å²) >= 11 is 0. The lowest BCUT2D eigenvalue weighted by atomic mass is 9.89. The highest BCUT2D eigenvalue weighted by molar-refractivity contribution is 5.79. The predicted molar refractivity (Wildman–Crippen MR) is 93.9 cm³/mol. The summed E-state index contributed by atoms with van der Waals surface area (Å²) in [5, 5.41) is 7.13. The number of hydrogen-bond acceptors (Lipinski definition) is 3. The van der Waals surface area contributed by atoms with Crippen molar-refractivity contribution in [3.63, 3.8) is 0 Å². The lowest BCUT2D eigenvalue weighted by molar-refractivity contribution is -0.122. The summed E-state index contributed by atoms with van der Waals surface area (Å²) in [7, 11) is 0. The Labute approximate surface area is 143 Å². The zero-order chi connectivity index (χ0) is 17.3. The summed E-state index contributed by atoms with van der Waals surface area (Å²) in [6.45, 7) is 7.77. The van der Waals surface area contributed by atoms with Crippen LogP contribution in [0.3, 0.4) is 0 Å². The first-order valence-corrected chi connectivity index (χ1v) is 8.72. The molecular formula is C20H26N2O2. The van der Waals surface area contributed by atoms with Crippen LogP contribution in [0.2, 0.25) is 0 Å². The first-order valence-electron chi connectivity index (χ1n) is 8.72. The smallest absolute Gasteiger partial charge is 0.225 e. The van der Waals surface area contributed by atoms with Crippen molar-refractivity contribution in [2.24, 2.45) is 0 Å². The summed E-state index contributed by atoms with van der Waals surface area (Å²) < 4.78 is 5.24. The maximum absolute atomic E-state index is 12.6. The summed E-state index contributed by atoms with van der Waals surface area (Å²) in [5.74, 6) is 0.780. The Morgan fingerprint density at radius 2 is 1.92 bits per heavy atom. The molecule has 1 heterocycles. The third-order valence-electron chi connectivity index (χ3n) is 4.89. The van der Waals surface area contributed by atoms with Gasteiger partial charge >= 0.3 is 0 Å². The molecule has 2 aromatic rings. The number of hydrogen-bond donors (Lipinski definition) is 1. The Bertz CT molecular complexity index is 739. The highest BCUT2D eigenvalue weighted by Gasteiger charge is 2.29. The molecular weight excluding hydrogens is 300 g/mol. The van der Waals surface area contributed by atoms with Gasteiger partial charge in [0.2, 0.25) is 5.91 Å². The molecule has 1 N–H and O–H groups in total. The highest BCUT2D eigenvalue weighted by Crippen LogP contribution is 2.27. The van der Waals surface area contributed by atoms with Gasteiger partial charge in [0.15, 0.2) is 0 Å². The van der Waals surface area contributed by atoms with Crippen LogP contribution in [-0.2, 0) is 29.6 Å². The van der Waals surface area contributed by atoms with Crippen LogP contribution in [0.15, 0.2) is 22.7 Å². The van der Waals surface area contributed by atoms with E-state index in [-0.39, 0.29) is 5.91 Å². The number of benzene rings is 1. The van der Waals surface area contributed by atoms with Gasteiger partial charge in [-0.15, -0.1) is 0 Å². The lowest BCUT2D eigenvalue weighted by Gasteiger charge is -2.26. The van der Waals surface area contributed by atoms with Gasteiger partial charge in [0.1, 0.15) is 5.76 Å². The molecule has 0 saturated carbocycles. The van der Waals surface area contributed by atoms with Gasteiger partial charge in [-0.1, -0.05) is 23.4 Å². The van der Waals surface area contributed by atoms with Crippen LogP contribution in [0, 0.1) is 13.8 Å². The number of aryl methyl sites for hydroxylation is 4. The van der Waals surface area contributed by atoms with Crippen molar-refractivity contribution in [2.45, 2.75) is 65.3 Å². The number of carbonyl (C=O) groups is 1. The van der Waals surface area contributed by atoms with E-state index in [1.54, 1.807) is 0 Å². The summed E-state index contributed by atoms with van der Waals surface area (Å²) in [4.78, 5) is 12.6. The number of nitrogens with zero attached hydrogens (tertiary/aromatic N) is 1. The number of carbonyl (C=O) groups excluding carboxylic acids is 1. The Hall–Kier alpha value is -2.10. The van der Waals surface area contributed by atoms with Gasteiger partial charge in [0.25, 0.3) is 0 Å².